The normalized spacial score (nSPS) is 28.7. The Morgan fingerprint density at radius 3 is 2.33 bits per heavy atom. The van der Waals surface area contributed by atoms with Crippen molar-refractivity contribution in [2.45, 2.75) is 40.2 Å². The summed E-state index contributed by atoms with van der Waals surface area (Å²) in [6.07, 6.45) is 0. The van der Waals surface area contributed by atoms with Gasteiger partial charge in [-0.1, -0.05) is 27.7 Å². The van der Waals surface area contributed by atoms with Crippen molar-refractivity contribution in [3.8, 4) is 0 Å². The van der Waals surface area contributed by atoms with Gasteiger partial charge in [0.2, 0.25) is 0 Å². The van der Waals surface area contributed by atoms with Gasteiger partial charge in [-0.2, -0.15) is 0 Å². The lowest BCUT2D eigenvalue weighted by molar-refractivity contribution is -0.124. The average molecular weight is 211 g/mol. The summed E-state index contributed by atoms with van der Waals surface area (Å²) in [6.45, 7) is 10.9. The maximum Gasteiger partial charge on any atom is 0.252 e. The first-order valence-electron chi connectivity index (χ1n) is 5.50. The van der Waals surface area contributed by atoms with Crippen LogP contribution in [0.2, 0.25) is 0 Å². The number of hydrogen-bond donors (Lipinski definition) is 2. The van der Waals surface area contributed by atoms with E-state index in [4.69, 9.17) is 0 Å². The Morgan fingerprint density at radius 2 is 1.93 bits per heavy atom. The summed E-state index contributed by atoms with van der Waals surface area (Å²) in [5, 5.41) is 5.94. The third-order valence-corrected chi connectivity index (χ3v) is 2.85. The minimum absolute atomic E-state index is 0.0139. The second kappa shape index (κ2) is 4.21. The van der Waals surface area contributed by atoms with Crippen LogP contribution in [-0.2, 0) is 4.79 Å². The van der Waals surface area contributed by atoms with Crippen molar-refractivity contribution in [3.05, 3.63) is 0 Å². The van der Waals surface area contributed by atoms with E-state index in [1.165, 1.54) is 0 Å². The smallest absolute Gasteiger partial charge is 0.252 e. The first-order chi connectivity index (χ1) is 6.86. The average Bonchev–Trinajstić information content (AvgIpc) is 2.41. The van der Waals surface area contributed by atoms with Gasteiger partial charge in [0.05, 0.1) is 0 Å². The van der Waals surface area contributed by atoms with Crippen LogP contribution >= 0.6 is 0 Å². The Bertz CT molecular complexity index is 284. The van der Waals surface area contributed by atoms with Gasteiger partial charge in [0, 0.05) is 6.54 Å². The zero-order valence-electron chi connectivity index (χ0n) is 10.2. The van der Waals surface area contributed by atoms with Crippen LogP contribution < -0.4 is 10.6 Å². The second-order valence-electron chi connectivity index (χ2n) is 5.02. The number of hydrogen-bond acceptors (Lipinski definition) is 2. The van der Waals surface area contributed by atoms with Crippen molar-refractivity contribution < 1.29 is 4.79 Å². The van der Waals surface area contributed by atoms with E-state index in [2.05, 4.69) is 29.5 Å². The third-order valence-electron chi connectivity index (χ3n) is 2.85. The fraction of sp³-hybridized carbons (Fsp3) is 0.818. The molecule has 0 saturated carbocycles. The topological polar surface area (TPSA) is 53.5 Å². The molecule has 0 aromatic heterocycles. The van der Waals surface area contributed by atoms with Gasteiger partial charge in [-0.15, -0.1) is 0 Å². The first-order valence-corrected chi connectivity index (χ1v) is 5.50. The van der Waals surface area contributed by atoms with Crippen LogP contribution in [0.3, 0.4) is 0 Å². The van der Waals surface area contributed by atoms with Crippen molar-refractivity contribution in [1.82, 2.24) is 10.6 Å². The lowest BCUT2D eigenvalue weighted by atomic mass is 9.89. The van der Waals surface area contributed by atoms with Crippen molar-refractivity contribution in [2.24, 2.45) is 16.8 Å². The van der Waals surface area contributed by atoms with Gasteiger partial charge < -0.3 is 5.32 Å². The molecule has 0 radical (unpaired) electrons. The first kappa shape index (κ1) is 12.0. The lowest BCUT2D eigenvalue weighted by Gasteiger charge is -2.25. The van der Waals surface area contributed by atoms with E-state index in [0.717, 1.165) is 6.54 Å². The summed E-state index contributed by atoms with van der Waals surface area (Å²) in [5.74, 6) is 1.37. The SMILES string of the molecule is CC(C)CN=C1NC(=O)C(C)(C(C)C)N1. The van der Waals surface area contributed by atoms with Gasteiger partial charge in [-0.25, -0.2) is 0 Å². The summed E-state index contributed by atoms with van der Waals surface area (Å²) in [7, 11) is 0. The van der Waals surface area contributed by atoms with Crippen LogP contribution in [0.1, 0.15) is 34.6 Å². The highest BCUT2D eigenvalue weighted by Gasteiger charge is 2.43. The fourth-order valence-electron chi connectivity index (χ4n) is 1.33. The quantitative estimate of drug-likeness (QED) is 0.735. The van der Waals surface area contributed by atoms with Crippen LogP contribution in [0.25, 0.3) is 0 Å². The third kappa shape index (κ3) is 2.49. The molecule has 2 N–H and O–H groups in total. The number of rotatable bonds is 3. The highest BCUT2D eigenvalue weighted by molar-refractivity contribution is 6.08. The summed E-state index contributed by atoms with van der Waals surface area (Å²) < 4.78 is 0. The zero-order valence-corrected chi connectivity index (χ0v) is 10.2. The summed E-state index contributed by atoms with van der Waals surface area (Å²) in [4.78, 5) is 16.1. The molecular weight excluding hydrogens is 190 g/mol. The molecule has 0 aliphatic carbocycles. The van der Waals surface area contributed by atoms with E-state index in [1.807, 2.05) is 20.8 Å². The highest BCUT2D eigenvalue weighted by Crippen LogP contribution is 2.19. The maximum absolute atomic E-state index is 11.7. The molecule has 1 aliphatic heterocycles. The minimum Gasteiger partial charge on any atom is -0.342 e. The van der Waals surface area contributed by atoms with E-state index in [1.54, 1.807) is 0 Å². The standard InChI is InChI=1S/C11H21N3O/c1-7(2)6-12-10-13-9(15)11(5,14-10)8(3)4/h7-8H,6H2,1-5H3,(H2,12,13,14,15). The predicted molar refractivity (Wildman–Crippen MR) is 61.7 cm³/mol. The molecule has 0 aromatic carbocycles. The molecule has 4 heteroatoms. The molecule has 1 aliphatic rings. The molecule has 1 heterocycles. The summed E-state index contributed by atoms with van der Waals surface area (Å²) in [6, 6.07) is 0. The highest BCUT2D eigenvalue weighted by atomic mass is 16.2. The van der Waals surface area contributed by atoms with Crippen LogP contribution in [0.15, 0.2) is 4.99 Å². The molecule has 1 saturated heterocycles. The van der Waals surface area contributed by atoms with Crippen LogP contribution in [-0.4, -0.2) is 24.0 Å². The van der Waals surface area contributed by atoms with Crippen molar-refractivity contribution in [3.63, 3.8) is 0 Å². The van der Waals surface area contributed by atoms with Crippen LogP contribution in [0.4, 0.5) is 0 Å². The summed E-state index contributed by atoms with van der Waals surface area (Å²) >= 11 is 0. The number of nitrogens with zero attached hydrogens (tertiary/aromatic N) is 1. The number of guanidine groups is 1. The molecule has 4 nitrogen and oxygen atoms in total. The Balaban J connectivity index is 2.71. The van der Waals surface area contributed by atoms with Gasteiger partial charge in [0.1, 0.15) is 5.54 Å². The molecule has 1 unspecified atom stereocenters. The lowest BCUT2D eigenvalue weighted by Crippen LogP contribution is -2.48. The molecule has 1 rings (SSSR count). The van der Waals surface area contributed by atoms with E-state index in [9.17, 15) is 4.79 Å². The summed E-state index contributed by atoms with van der Waals surface area (Å²) in [5.41, 5.74) is -0.518. The molecule has 1 fully saturated rings. The van der Waals surface area contributed by atoms with Gasteiger partial charge in [0.25, 0.3) is 5.91 Å². The Kier molecular flexibility index (Phi) is 3.37. The largest absolute Gasteiger partial charge is 0.342 e. The van der Waals surface area contributed by atoms with Crippen LogP contribution in [0, 0.1) is 11.8 Å². The molecule has 0 spiro atoms. The molecule has 0 bridgehead atoms. The molecule has 1 amide bonds. The molecule has 15 heavy (non-hydrogen) atoms. The van der Waals surface area contributed by atoms with Gasteiger partial charge in [-0.05, 0) is 18.8 Å². The number of amides is 1. The molecule has 0 aromatic rings. The van der Waals surface area contributed by atoms with Gasteiger partial charge >= 0.3 is 0 Å². The Hall–Kier alpha value is -1.06. The Labute approximate surface area is 91.5 Å². The van der Waals surface area contributed by atoms with Gasteiger partial charge in [-0.3, -0.25) is 15.1 Å². The Morgan fingerprint density at radius 1 is 1.33 bits per heavy atom. The molecular formula is C11H21N3O. The van der Waals surface area contributed by atoms with E-state index in [-0.39, 0.29) is 11.8 Å². The van der Waals surface area contributed by atoms with Crippen molar-refractivity contribution >= 4 is 11.9 Å². The van der Waals surface area contributed by atoms with Gasteiger partial charge in [0.15, 0.2) is 5.96 Å². The number of carbonyl (C=O) groups excluding carboxylic acids is 1. The molecule has 1 atom stereocenters. The minimum atomic E-state index is -0.518. The monoisotopic (exact) mass is 211 g/mol. The van der Waals surface area contributed by atoms with E-state index < -0.39 is 5.54 Å². The van der Waals surface area contributed by atoms with E-state index >= 15 is 0 Å². The zero-order chi connectivity index (χ0) is 11.6. The van der Waals surface area contributed by atoms with E-state index in [0.29, 0.717) is 11.9 Å². The van der Waals surface area contributed by atoms with Crippen molar-refractivity contribution in [1.29, 1.82) is 0 Å². The fourth-order valence-corrected chi connectivity index (χ4v) is 1.33. The maximum atomic E-state index is 11.7. The number of carbonyl (C=O) groups is 1. The molecule has 86 valence electrons. The predicted octanol–water partition coefficient (Wildman–Crippen LogP) is 1.13. The van der Waals surface area contributed by atoms with Crippen LogP contribution in [0.5, 0.6) is 0 Å². The second-order valence-corrected chi connectivity index (χ2v) is 5.02. The number of nitrogens with one attached hydrogen (secondary N) is 2. The van der Waals surface area contributed by atoms with Crippen molar-refractivity contribution in [2.75, 3.05) is 6.54 Å². The number of aliphatic imine (C=N–C) groups is 1.